The van der Waals surface area contributed by atoms with Gasteiger partial charge in [-0.1, -0.05) is 6.92 Å². The Kier molecular flexibility index (Phi) is 4.66. The largest absolute Gasteiger partial charge is 0.368 e. The predicted molar refractivity (Wildman–Crippen MR) is 63.0 cm³/mol. The molecule has 0 spiro atoms. The molecule has 2 atom stereocenters. The van der Waals surface area contributed by atoms with Crippen LogP contribution < -0.4 is 5.73 Å². The number of Topliss-reactive ketones (excluding diaryl/α,β-unsaturated/α-hetero) is 1. The van der Waals surface area contributed by atoms with Crippen LogP contribution >= 0.6 is 0 Å². The molecule has 1 fully saturated rings. The lowest BCUT2D eigenvalue weighted by Gasteiger charge is -2.35. The Morgan fingerprint density at radius 2 is 2.18 bits per heavy atom. The first-order valence-corrected chi connectivity index (χ1v) is 6.03. The first kappa shape index (κ1) is 13.7. The van der Waals surface area contributed by atoms with Crippen molar-refractivity contribution >= 4 is 17.6 Å². The maximum atomic E-state index is 11.9. The molecule has 2 N–H and O–H groups in total. The monoisotopic (exact) mass is 240 g/mol. The zero-order chi connectivity index (χ0) is 13.0. The number of carbonyl (C=O) groups excluding carboxylic acids is 3. The third kappa shape index (κ3) is 3.54. The van der Waals surface area contributed by atoms with Gasteiger partial charge in [0, 0.05) is 19.4 Å². The zero-order valence-corrected chi connectivity index (χ0v) is 10.4. The number of nitrogens with zero attached hydrogens (tertiary/aromatic N) is 1. The van der Waals surface area contributed by atoms with Crippen LogP contribution in [0.25, 0.3) is 0 Å². The van der Waals surface area contributed by atoms with E-state index in [0.717, 1.165) is 6.42 Å². The fraction of sp³-hybridized carbons (Fsp3) is 0.750. The van der Waals surface area contributed by atoms with Crippen molar-refractivity contribution in [1.82, 2.24) is 4.90 Å². The van der Waals surface area contributed by atoms with Gasteiger partial charge in [0.25, 0.3) is 0 Å². The molecule has 0 radical (unpaired) electrons. The van der Waals surface area contributed by atoms with E-state index < -0.39 is 11.9 Å². The van der Waals surface area contributed by atoms with Gasteiger partial charge in [-0.25, -0.2) is 0 Å². The smallest absolute Gasteiger partial charge is 0.240 e. The Morgan fingerprint density at radius 1 is 1.53 bits per heavy atom. The van der Waals surface area contributed by atoms with Crippen molar-refractivity contribution in [2.45, 2.75) is 45.6 Å². The highest BCUT2D eigenvalue weighted by Gasteiger charge is 2.32. The number of hydrogen-bond donors (Lipinski definition) is 1. The van der Waals surface area contributed by atoms with Crippen molar-refractivity contribution in [2.75, 3.05) is 6.54 Å². The Labute approximate surface area is 101 Å². The Hall–Kier alpha value is -1.39. The molecule has 1 aliphatic heterocycles. The standard InChI is InChI=1S/C12H20N2O3/c1-3-10(12(13)17)14-5-4-9(6-8(2)15)7-11(14)16/h9-10H,3-7H2,1-2H3,(H2,13,17). The molecule has 17 heavy (non-hydrogen) atoms. The summed E-state index contributed by atoms with van der Waals surface area (Å²) in [6, 6.07) is -0.499. The predicted octanol–water partition coefficient (Wildman–Crippen LogP) is 0.468. The molecule has 0 aliphatic carbocycles. The molecule has 0 aromatic carbocycles. The fourth-order valence-electron chi connectivity index (χ4n) is 2.40. The van der Waals surface area contributed by atoms with Gasteiger partial charge in [0.15, 0.2) is 0 Å². The highest BCUT2D eigenvalue weighted by atomic mass is 16.2. The molecule has 0 aromatic heterocycles. The maximum absolute atomic E-state index is 11.9. The van der Waals surface area contributed by atoms with Crippen LogP contribution in [0.5, 0.6) is 0 Å². The van der Waals surface area contributed by atoms with Crippen LogP contribution in [-0.2, 0) is 14.4 Å². The van der Waals surface area contributed by atoms with E-state index in [1.54, 1.807) is 4.90 Å². The average Bonchev–Trinajstić information content (AvgIpc) is 2.20. The molecule has 0 aromatic rings. The zero-order valence-electron chi connectivity index (χ0n) is 10.4. The summed E-state index contributed by atoms with van der Waals surface area (Å²) in [5.41, 5.74) is 5.27. The van der Waals surface area contributed by atoms with Gasteiger partial charge < -0.3 is 15.4 Å². The van der Waals surface area contributed by atoms with Crippen molar-refractivity contribution in [3.63, 3.8) is 0 Å². The van der Waals surface area contributed by atoms with E-state index in [9.17, 15) is 14.4 Å². The van der Waals surface area contributed by atoms with Gasteiger partial charge in [0.05, 0.1) is 0 Å². The molecule has 0 bridgehead atoms. The molecular weight excluding hydrogens is 220 g/mol. The number of primary amides is 1. The first-order valence-electron chi connectivity index (χ1n) is 6.03. The second kappa shape index (κ2) is 5.80. The van der Waals surface area contributed by atoms with Crippen LogP contribution in [0.1, 0.15) is 39.5 Å². The van der Waals surface area contributed by atoms with Crippen molar-refractivity contribution < 1.29 is 14.4 Å². The van der Waals surface area contributed by atoms with Crippen LogP contribution in [0, 0.1) is 5.92 Å². The van der Waals surface area contributed by atoms with E-state index in [-0.39, 0.29) is 17.6 Å². The van der Waals surface area contributed by atoms with E-state index in [0.29, 0.717) is 25.8 Å². The van der Waals surface area contributed by atoms with Crippen LogP contribution in [0.2, 0.25) is 0 Å². The molecule has 1 saturated heterocycles. The molecule has 96 valence electrons. The van der Waals surface area contributed by atoms with Gasteiger partial charge in [0.2, 0.25) is 11.8 Å². The second-order valence-corrected chi connectivity index (χ2v) is 4.68. The Balaban J connectivity index is 2.61. The minimum absolute atomic E-state index is 0.0619. The molecule has 5 nitrogen and oxygen atoms in total. The van der Waals surface area contributed by atoms with Gasteiger partial charge in [-0.2, -0.15) is 0 Å². The number of carbonyl (C=O) groups is 3. The third-order valence-corrected chi connectivity index (χ3v) is 3.23. The number of piperidine rings is 1. The summed E-state index contributed by atoms with van der Waals surface area (Å²) >= 11 is 0. The minimum atomic E-state index is -0.499. The highest BCUT2D eigenvalue weighted by Crippen LogP contribution is 2.23. The summed E-state index contributed by atoms with van der Waals surface area (Å²) < 4.78 is 0. The van der Waals surface area contributed by atoms with Crippen molar-refractivity contribution in [3.8, 4) is 0 Å². The minimum Gasteiger partial charge on any atom is -0.368 e. The quantitative estimate of drug-likeness (QED) is 0.758. The molecule has 1 aliphatic rings. The van der Waals surface area contributed by atoms with Crippen LogP contribution in [0.4, 0.5) is 0 Å². The lowest BCUT2D eigenvalue weighted by Crippen LogP contribution is -2.51. The summed E-state index contributed by atoms with van der Waals surface area (Å²) in [6.07, 6.45) is 2.11. The normalized spacial score (nSPS) is 22.4. The van der Waals surface area contributed by atoms with Crippen molar-refractivity contribution in [3.05, 3.63) is 0 Å². The number of hydrogen-bond acceptors (Lipinski definition) is 3. The average molecular weight is 240 g/mol. The summed E-state index contributed by atoms with van der Waals surface area (Å²) in [6.45, 7) is 3.90. The molecule has 0 saturated carbocycles. The van der Waals surface area contributed by atoms with E-state index in [1.165, 1.54) is 6.92 Å². The number of nitrogens with two attached hydrogens (primary N) is 1. The summed E-state index contributed by atoms with van der Waals surface area (Å²) in [7, 11) is 0. The van der Waals surface area contributed by atoms with Gasteiger partial charge >= 0.3 is 0 Å². The van der Waals surface area contributed by atoms with E-state index in [2.05, 4.69) is 0 Å². The summed E-state index contributed by atoms with van der Waals surface area (Å²) in [4.78, 5) is 35.7. The Morgan fingerprint density at radius 3 is 2.59 bits per heavy atom. The lowest BCUT2D eigenvalue weighted by atomic mass is 9.90. The lowest BCUT2D eigenvalue weighted by molar-refractivity contribution is -0.143. The van der Waals surface area contributed by atoms with Gasteiger partial charge in [-0.3, -0.25) is 9.59 Å². The molecule has 1 heterocycles. The van der Waals surface area contributed by atoms with E-state index >= 15 is 0 Å². The molecule has 5 heteroatoms. The third-order valence-electron chi connectivity index (χ3n) is 3.23. The van der Waals surface area contributed by atoms with Crippen LogP contribution in [0.3, 0.4) is 0 Å². The second-order valence-electron chi connectivity index (χ2n) is 4.68. The highest BCUT2D eigenvalue weighted by molar-refractivity contribution is 5.87. The molecule has 1 rings (SSSR count). The maximum Gasteiger partial charge on any atom is 0.240 e. The topological polar surface area (TPSA) is 80.5 Å². The van der Waals surface area contributed by atoms with E-state index in [4.69, 9.17) is 5.73 Å². The van der Waals surface area contributed by atoms with Crippen molar-refractivity contribution in [1.29, 1.82) is 0 Å². The van der Waals surface area contributed by atoms with Gasteiger partial charge in [0.1, 0.15) is 11.8 Å². The van der Waals surface area contributed by atoms with Crippen molar-refractivity contribution in [2.24, 2.45) is 11.7 Å². The fourth-order valence-corrected chi connectivity index (χ4v) is 2.40. The van der Waals surface area contributed by atoms with E-state index in [1.807, 2.05) is 6.92 Å². The van der Waals surface area contributed by atoms with Crippen LogP contribution in [-0.4, -0.2) is 35.1 Å². The number of ketones is 1. The molecule has 2 amide bonds. The first-order chi connectivity index (χ1) is 7.95. The van der Waals surface area contributed by atoms with Gasteiger partial charge in [-0.15, -0.1) is 0 Å². The number of rotatable bonds is 5. The molecule has 2 unspecified atom stereocenters. The van der Waals surface area contributed by atoms with Crippen LogP contribution in [0.15, 0.2) is 0 Å². The molecular formula is C12H20N2O3. The Bertz CT molecular complexity index is 328. The number of likely N-dealkylation sites (tertiary alicyclic amines) is 1. The summed E-state index contributed by atoms with van der Waals surface area (Å²) in [5, 5.41) is 0. The van der Waals surface area contributed by atoms with Gasteiger partial charge in [-0.05, 0) is 25.7 Å². The number of amides is 2. The summed E-state index contributed by atoms with van der Waals surface area (Å²) in [5.74, 6) is -0.279. The SMILES string of the molecule is CCC(C(N)=O)N1CCC(CC(C)=O)CC1=O.